The minimum Gasteiger partial charge on any atom is -0.504 e. The Hall–Kier alpha value is -2.56. The van der Waals surface area contributed by atoms with Crippen LogP contribution in [0.3, 0.4) is 0 Å². The average molecular weight is 261 g/mol. The number of hydrogen-bond donors (Lipinski definition) is 3. The lowest BCUT2D eigenvalue weighted by molar-refractivity contribution is 0.102. The van der Waals surface area contributed by atoms with Crippen LogP contribution in [0.1, 0.15) is 15.9 Å². The van der Waals surface area contributed by atoms with Gasteiger partial charge < -0.3 is 15.5 Å². The van der Waals surface area contributed by atoms with E-state index in [1.54, 1.807) is 6.92 Å². The fourth-order valence-corrected chi connectivity index (χ4v) is 1.59. The number of rotatable bonds is 2. The van der Waals surface area contributed by atoms with E-state index in [-0.39, 0.29) is 22.9 Å². The molecule has 0 aliphatic rings. The highest BCUT2D eigenvalue weighted by Crippen LogP contribution is 2.25. The Balaban J connectivity index is 2.20. The first-order valence-corrected chi connectivity index (χ1v) is 5.57. The third kappa shape index (κ3) is 2.82. The second-order valence-electron chi connectivity index (χ2n) is 4.12. The summed E-state index contributed by atoms with van der Waals surface area (Å²) in [5.41, 5.74) is 1.07. The third-order valence-corrected chi connectivity index (χ3v) is 2.65. The Bertz CT molecular complexity index is 641. The Morgan fingerprint density at radius 1 is 1.11 bits per heavy atom. The van der Waals surface area contributed by atoms with Gasteiger partial charge >= 0.3 is 0 Å². The van der Waals surface area contributed by atoms with Crippen LogP contribution in [0.2, 0.25) is 0 Å². The van der Waals surface area contributed by atoms with Crippen molar-refractivity contribution in [2.24, 2.45) is 0 Å². The molecule has 0 heterocycles. The number of amides is 1. The molecule has 0 aliphatic heterocycles. The minimum absolute atomic E-state index is 0.192. The first kappa shape index (κ1) is 12.9. The van der Waals surface area contributed by atoms with Crippen molar-refractivity contribution in [1.82, 2.24) is 0 Å². The van der Waals surface area contributed by atoms with Crippen molar-refractivity contribution in [2.75, 3.05) is 5.32 Å². The predicted molar refractivity (Wildman–Crippen MR) is 68.9 cm³/mol. The summed E-state index contributed by atoms with van der Waals surface area (Å²) in [5, 5.41) is 21.0. The number of aromatic hydroxyl groups is 2. The third-order valence-electron chi connectivity index (χ3n) is 2.65. The lowest BCUT2D eigenvalue weighted by atomic mass is 10.1. The Kier molecular flexibility index (Phi) is 3.37. The van der Waals surface area contributed by atoms with Crippen molar-refractivity contribution in [2.45, 2.75) is 6.92 Å². The van der Waals surface area contributed by atoms with Crippen LogP contribution >= 0.6 is 0 Å². The zero-order chi connectivity index (χ0) is 14.0. The van der Waals surface area contributed by atoms with Crippen LogP contribution in [-0.2, 0) is 0 Å². The maximum absolute atomic E-state index is 13.1. The van der Waals surface area contributed by atoms with Gasteiger partial charge in [-0.2, -0.15) is 0 Å². The number of hydrogen-bond acceptors (Lipinski definition) is 3. The number of carbonyl (C=O) groups is 1. The fraction of sp³-hybridized carbons (Fsp3) is 0.0714. The van der Waals surface area contributed by atoms with E-state index in [4.69, 9.17) is 5.11 Å². The highest BCUT2D eigenvalue weighted by atomic mass is 19.1. The number of anilines is 1. The van der Waals surface area contributed by atoms with E-state index in [1.165, 1.54) is 30.3 Å². The van der Waals surface area contributed by atoms with Gasteiger partial charge in [0.1, 0.15) is 5.82 Å². The molecule has 2 rings (SSSR count). The summed E-state index contributed by atoms with van der Waals surface area (Å²) in [7, 11) is 0. The van der Waals surface area contributed by atoms with Gasteiger partial charge in [-0.25, -0.2) is 4.39 Å². The summed E-state index contributed by atoms with van der Waals surface area (Å²) < 4.78 is 13.1. The van der Waals surface area contributed by atoms with Gasteiger partial charge in [0, 0.05) is 11.3 Å². The van der Waals surface area contributed by atoms with Gasteiger partial charge in [0.05, 0.1) is 0 Å². The van der Waals surface area contributed by atoms with E-state index >= 15 is 0 Å². The van der Waals surface area contributed by atoms with Crippen LogP contribution in [0, 0.1) is 12.7 Å². The lowest BCUT2D eigenvalue weighted by Gasteiger charge is -2.07. The van der Waals surface area contributed by atoms with Crippen molar-refractivity contribution in [3.05, 3.63) is 53.3 Å². The van der Waals surface area contributed by atoms with Crippen molar-refractivity contribution in [1.29, 1.82) is 0 Å². The number of phenols is 2. The number of halogens is 1. The van der Waals surface area contributed by atoms with Crippen molar-refractivity contribution in [3.8, 4) is 11.5 Å². The van der Waals surface area contributed by atoms with Crippen molar-refractivity contribution in [3.63, 3.8) is 0 Å². The van der Waals surface area contributed by atoms with Gasteiger partial charge in [0.15, 0.2) is 11.5 Å². The quantitative estimate of drug-likeness (QED) is 0.728. The van der Waals surface area contributed by atoms with Crippen molar-refractivity contribution >= 4 is 11.6 Å². The molecule has 3 N–H and O–H groups in total. The Labute approximate surface area is 109 Å². The first-order chi connectivity index (χ1) is 8.97. The Morgan fingerprint density at radius 2 is 1.84 bits per heavy atom. The molecule has 0 aliphatic carbocycles. The standard InChI is InChI=1S/C14H12FNO3/c1-8-6-10(3-4-11(8)15)16-14(19)9-2-5-12(17)13(18)7-9/h2-7,17-18H,1H3,(H,16,19). The SMILES string of the molecule is Cc1cc(NC(=O)c2ccc(O)c(O)c2)ccc1F. The molecule has 0 aromatic heterocycles. The second-order valence-corrected chi connectivity index (χ2v) is 4.12. The molecule has 98 valence electrons. The zero-order valence-electron chi connectivity index (χ0n) is 10.1. The molecule has 19 heavy (non-hydrogen) atoms. The predicted octanol–water partition coefficient (Wildman–Crippen LogP) is 2.80. The molecule has 0 spiro atoms. The summed E-state index contributed by atoms with van der Waals surface area (Å²) in [6, 6.07) is 7.97. The molecule has 1 amide bonds. The van der Waals surface area contributed by atoms with Crippen LogP contribution in [0.25, 0.3) is 0 Å². The minimum atomic E-state index is -0.457. The molecule has 0 saturated heterocycles. The lowest BCUT2D eigenvalue weighted by Crippen LogP contribution is -2.11. The molecule has 0 bridgehead atoms. The number of benzene rings is 2. The van der Waals surface area contributed by atoms with Crippen LogP contribution in [0.15, 0.2) is 36.4 Å². The average Bonchev–Trinajstić information content (AvgIpc) is 2.37. The highest BCUT2D eigenvalue weighted by Gasteiger charge is 2.09. The zero-order valence-corrected chi connectivity index (χ0v) is 10.1. The van der Waals surface area contributed by atoms with E-state index in [9.17, 15) is 14.3 Å². The molecule has 0 atom stereocenters. The molecule has 0 unspecified atom stereocenters. The van der Waals surface area contributed by atoms with E-state index in [1.807, 2.05) is 0 Å². The molecular weight excluding hydrogens is 249 g/mol. The monoisotopic (exact) mass is 261 g/mol. The van der Waals surface area contributed by atoms with E-state index in [2.05, 4.69) is 5.32 Å². The highest BCUT2D eigenvalue weighted by molar-refractivity contribution is 6.04. The summed E-state index contributed by atoms with van der Waals surface area (Å²) in [6.07, 6.45) is 0. The van der Waals surface area contributed by atoms with E-state index < -0.39 is 5.91 Å². The second kappa shape index (κ2) is 4.97. The maximum Gasteiger partial charge on any atom is 0.255 e. The fourth-order valence-electron chi connectivity index (χ4n) is 1.59. The molecular formula is C14H12FNO3. The van der Waals surface area contributed by atoms with Crippen molar-refractivity contribution < 1.29 is 19.4 Å². The summed E-state index contributed by atoms with van der Waals surface area (Å²) >= 11 is 0. The first-order valence-electron chi connectivity index (χ1n) is 5.57. The molecule has 2 aromatic carbocycles. The van der Waals surface area contributed by atoms with Gasteiger partial charge in [0.25, 0.3) is 5.91 Å². The number of aryl methyl sites for hydroxylation is 1. The largest absolute Gasteiger partial charge is 0.504 e. The smallest absolute Gasteiger partial charge is 0.255 e. The van der Waals surface area contributed by atoms with Crippen LogP contribution in [-0.4, -0.2) is 16.1 Å². The molecule has 2 aromatic rings. The Morgan fingerprint density at radius 3 is 2.47 bits per heavy atom. The molecule has 4 nitrogen and oxygen atoms in total. The number of nitrogens with one attached hydrogen (secondary N) is 1. The molecule has 5 heteroatoms. The van der Waals surface area contributed by atoms with Gasteiger partial charge in [-0.05, 0) is 48.9 Å². The summed E-state index contributed by atoms with van der Waals surface area (Å²) in [6.45, 7) is 1.59. The molecule has 0 fully saturated rings. The van der Waals surface area contributed by atoms with Gasteiger partial charge in [-0.3, -0.25) is 4.79 Å². The van der Waals surface area contributed by atoms with Crippen LogP contribution < -0.4 is 5.32 Å². The maximum atomic E-state index is 13.1. The number of phenolic OH excluding ortho intramolecular Hbond substituents is 2. The summed E-state index contributed by atoms with van der Waals surface area (Å²) in [5.74, 6) is -1.47. The molecule has 0 radical (unpaired) electrons. The van der Waals surface area contributed by atoms with Gasteiger partial charge in [-0.15, -0.1) is 0 Å². The van der Waals surface area contributed by atoms with Gasteiger partial charge in [0.2, 0.25) is 0 Å². The normalized spacial score (nSPS) is 10.2. The summed E-state index contributed by atoms with van der Waals surface area (Å²) in [4.78, 5) is 11.9. The van der Waals surface area contributed by atoms with E-state index in [0.717, 1.165) is 6.07 Å². The van der Waals surface area contributed by atoms with Crippen LogP contribution in [0.5, 0.6) is 11.5 Å². The molecule has 0 saturated carbocycles. The van der Waals surface area contributed by atoms with Crippen LogP contribution in [0.4, 0.5) is 10.1 Å². The van der Waals surface area contributed by atoms with Gasteiger partial charge in [-0.1, -0.05) is 0 Å². The number of carbonyl (C=O) groups excluding carboxylic acids is 1. The van der Waals surface area contributed by atoms with E-state index in [0.29, 0.717) is 11.3 Å². The topological polar surface area (TPSA) is 69.6 Å².